The van der Waals surface area contributed by atoms with E-state index in [0.717, 1.165) is 12.8 Å². The number of carboxylic acid groups (broad SMARTS) is 1. The Morgan fingerprint density at radius 3 is 3.00 bits per heavy atom. The lowest BCUT2D eigenvalue weighted by atomic mass is 9.88. The van der Waals surface area contributed by atoms with E-state index in [1.54, 1.807) is 4.90 Å². The van der Waals surface area contributed by atoms with E-state index < -0.39 is 16.9 Å². The minimum atomic E-state index is -0.936. The number of aromatic nitrogens is 1. The lowest BCUT2D eigenvalue weighted by Crippen LogP contribution is -2.47. The van der Waals surface area contributed by atoms with E-state index in [1.165, 1.54) is 18.5 Å². The van der Waals surface area contributed by atoms with Crippen molar-refractivity contribution < 1.29 is 14.8 Å². The first-order valence-corrected chi connectivity index (χ1v) is 6.62. The molecule has 0 aliphatic carbocycles. The fourth-order valence-corrected chi connectivity index (χ4v) is 2.69. The minimum Gasteiger partial charge on any atom is -0.480 e. The first kappa shape index (κ1) is 14.2. The summed E-state index contributed by atoms with van der Waals surface area (Å²) in [7, 11) is 0. The van der Waals surface area contributed by atoms with Gasteiger partial charge in [0.05, 0.1) is 4.92 Å². The van der Waals surface area contributed by atoms with Crippen LogP contribution in [0.1, 0.15) is 26.2 Å². The van der Waals surface area contributed by atoms with Gasteiger partial charge < -0.3 is 10.0 Å². The maximum Gasteiger partial charge on any atom is 0.326 e. The van der Waals surface area contributed by atoms with E-state index in [4.69, 9.17) is 0 Å². The highest BCUT2D eigenvalue weighted by Crippen LogP contribution is 2.34. The SMILES string of the molecule is CCC1CCN(c2ccncc2[N+](=O)[O-])C(C(=O)O)C1. The number of hydrogen-bond donors (Lipinski definition) is 1. The number of carbonyl (C=O) groups is 1. The van der Waals surface area contributed by atoms with Crippen LogP contribution < -0.4 is 4.90 Å². The van der Waals surface area contributed by atoms with E-state index in [1.807, 2.05) is 6.92 Å². The van der Waals surface area contributed by atoms with Crippen LogP contribution in [0.5, 0.6) is 0 Å². The minimum absolute atomic E-state index is 0.145. The smallest absolute Gasteiger partial charge is 0.326 e. The molecule has 0 saturated carbocycles. The molecule has 1 aromatic heterocycles. The van der Waals surface area contributed by atoms with Gasteiger partial charge in [0.1, 0.15) is 17.9 Å². The normalized spacial score (nSPS) is 22.6. The zero-order valence-corrected chi connectivity index (χ0v) is 11.2. The summed E-state index contributed by atoms with van der Waals surface area (Å²) in [5.41, 5.74) is 0.195. The van der Waals surface area contributed by atoms with Crippen LogP contribution in [-0.2, 0) is 4.79 Å². The number of carboxylic acids is 1. The Morgan fingerprint density at radius 1 is 1.65 bits per heavy atom. The topological polar surface area (TPSA) is 96.6 Å². The average Bonchev–Trinajstić information content (AvgIpc) is 2.46. The second-order valence-electron chi connectivity index (χ2n) is 4.97. The molecule has 7 nitrogen and oxygen atoms in total. The molecule has 0 spiro atoms. The third-order valence-electron chi connectivity index (χ3n) is 3.86. The van der Waals surface area contributed by atoms with Gasteiger partial charge in [0.2, 0.25) is 0 Å². The predicted octanol–water partition coefficient (Wildman–Crippen LogP) is 2.07. The molecule has 2 heterocycles. The first-order valence-electron chi connectivity index (χ1n) is 6.62. The van der Waals surface area contributed by atoms with Gasteiger partial charge in [0.15, 0.2) is 0 Å². The first-order chi connectivity index (χ1) is 9.54. The maximum absolute atomic E-state index is 11.5. The molecular formula is C13H17N3O4. The van der Waals surface area contributed by atoms with Crippen LogP contribution in [0.4, 0.5) is 11.4 Å². The van der Waals surface area contributed by atoms with E-state index in [-0.39, 0.29) is 5.69 Å². The number of hydrogen-bond acceptors (Lipinski definition) is 5. The molecule has 2 rings (SSSR count). The second-order valence-corrected chi connectivity index (χ2v) is 4.97. The Labute approximate surface area is 116 Å². The van der Waals surface area contributed by atoms with E-state index >= 15 is 0 Å². The highest BCUT2D eigenvalue weighted by Gasteiger charge is 2.35. The van der Waals surface area contributed by atoms with Crippen LogP contribution in [0, 0.1) is 16.0 Å². The van der Waals surface area contributed by atoms with E-state index in [9.17, 15) is 20.0 Å². The van der Waals surface area contributed by atoms with E-state index in [0.29, 0.717) is 24.6 Å². The van der Waals surface area contributed by atoms with Crippen molar-refractivity contribution in [3.05, 3.63) is 28.6 Å². The second kappa shape index (κ2) is 5.85. The molecule has 2 unspecified atom stereocenters. The van der Waals surface area contributed by atoms with Crippen LogP contribution >= 0.6 is 0 Å². The van der Waals surface area contributed by atoms with Gasteiger partial charge in [-0.05, 0) is 24.8 Å². The Bertz CT molecular complexity index is 520. The Morgan fingerprint density at radius 2 is 2.40 bits per heavy atom. The molecule has 108 valence electrons. The highest BCUT2D eigenvalue weighted by molar-refractivity contribution is 5.80. The Kier molecular flexibility index (Phi) is 4.16. The highest BCUT2D eigenvalue weighted by atomic mass is 16.6. The summed E-state index contributed by atoms with van der Waals surface area (Å²) in [6, 6.07) is 0.801. The molecule has 1 aliphatic rings. The molecule has 20 heavy (non-hydrogen) atoms. The van der Waals surface area contributed by atoms with Crippen LogP contribution in [0.15, 0.2) is 18.5 Å². The molecule has 0 radical (unpaired) electrons. The largest absolute Gasteiger partial charge is 0.480 e. The fraction of sp³-hybridized carbons (Fsp3) is 0.538. The molecule has 1 saturated heterocycles. The van der Waals surface area contributed by atoms with E-state index in [2.05, 4.69) is 4.98 Å². The third-order valence-corrected chi connectivity index (χ3v) is 3.86. The van der Waals surface area contributed by atoms with Gasteiger partial charge in [0, 0.05) is 12.7 Å². The van der Waals surface area contributed by atoms with Gasteiger partial charge in [-0.15, -0.1) is 0 Å². The number of piperidine rings is 1. The van der Waals surface area contributed by atoms with Crippen molar-refractivity contribution >= 4 is 17.3 Å². The third kappa shape index (κ3) is 2.71. The van der Waals surface area contributed by atoms with Gasteiger partial charge in [-0.3, -0.25) is 15.1 Å². The lowest BCUT2D eigenvalue weighted by molar-refractivity contribution is -0.384. The standard InChI is InChI=1S/C13H17N3O4/c1-2-9-4-6-15(11(7-9)13(17)18)10-3-5-14-8-12(10)16(19)20/h3,5,8-9,11H,2,4,6-7H2,1H3,(H,17,18). The van der Waals surface area contributed by atoms with Crippen LogP contribution in [0.25, 0.3) is 0 Å². The van der Waals surface area contributed by atoms with Crippen molar-refractivity contribution in [2.24, 2.45) is 5.92 Å². The number of aliphatic carboxylic acids is 1. The zero-order chi connectivity index (χ0) is 14.7. The Balaban J connectivity index is 2.35. The number of nitro groups is 1. The van der Waals surface area contributed by atoms with Crippen LogP contribution in [-0.4, -0.2) is 33.6 Å². The molecular weight excluding hydrogens is 262 g/mol. The lowest BCUT2D eigenvalue weighted by Gasteiger charge is -2.38. The van der Waals surface area contributed by atoms with Gasteiger partial charge >= 0.3 is 11.7 Å². The summed E-state index contributed by atoms with van der Waals surface area (Å²) >= 11 is 0. The molecule has 0 bridgehead atoms. The number of pyridine rings is 1. The summed E-state index contributed by atoms with van der Waals surface area (Å²) in [6.07, 6.45) is 4.91. The summed E-state index contributed by atoms with van der Waals surface area (Å²) in [5, 5.41) is 20.4. The monoisotopic (exact) mass is 279 g/mol. The number of nitrogens with zero attached hydrogens (tertiary/aromatic N) is 3. The van der Waals surface area contributed by atoms with Crippen LogP contribution in [0.3, 0.4) is 0 Å². The molecule has 7 heteroatoms. The number of anilines is 1. The fourth-order valence-electron chi connectivity index (χ4n) is 2.69. The molecule has 1 N–H and O–H groups in total. The molecule has 1 aromatic rings. The van der Waals surface area contributed by atoms with Gasteiger partial charge in [0.25, 0.3) is 0 Å². The summed E-state index contributed by atoms with van der Waals surface area (Å²) < 4.78 is 0. The molecule has 0 aromatic carbocycles. The van der Waals surface area contributed by atoms with Crippen molar-refractivity contribution in [2.45, 2.75) is 32.2 Å². The van der Waals surface area contributed by atoms with Crippen LogP contribution in [0.2, 0.25) is 0 Å². The van der Waals surface area contributed by atoms with Crippen molar-refractivity contribution in [1.82, 2.24) is 4.98 Å². The maximum atomic E-state index is 11.5. The average molecular weight is 279 g/mol. The van der Waals surface area contributed by atoms with Crippen molar-refractivity contribution in [3.8, 4) is 0 Å². The zero-order valence-electron chi connectivity index (χ0n) is 11.2. The Hall–Kier alpha value is -2.18. The summed E-state index contributed by atoms with van der Waals surface area (Å²) in [5.74, 6) is -0.581. The van der Waals surface area contributed by atoms with Gasteiger partial charge in [-0.25, -0.2) is 4.79 Å². The predicted molar refractivity (Wildman–Crippen MR) is 72.7 cm³/mol. The van der Waals surface area contributed by atoms with Crippen molar-refractivity contribution in [2.75, 3.05) is 11.4 Å². The molecule has 1 aliphatic heterocycles. The van der Waals surface area contributed by atoms with Crippen molar-refractivity contribution in [1.29, 1.82) is 0 Å². The number of rotatable bonds is 4. The molecule has 1 fully saturated rings. The molecule has 0 amide bonds. The summed E-state index contributed by atoms with van der Waals surface area (Å²) in [4.78, 5) is 27.4. The molecule has 2 atom stereocenters. The van der Waals surface area contributed by atoms with Gasteiger partial charge in [-0.1, -0.05) is 13.3 Å². The summed E-state index contributed by atoms with van der Waals surface area (Å²) in [6.45, 7) is 2.55. The quantitative estimate of drug-likeness (QED) is 0.669. The van der Waals surface area contributed by atoms with Crippen molar-refractivity contribution in [3.63, 3.8) is 0 Å². The van der Waals surface area contributed by atoms with Gasteiger partial charge in [-0.2, -0.15) is 0 Å².